The van der Waals surface area contributed by atoms with Gasteiger partial charge in [-0.3, -0.25) is 4.68 Å². The van der Waals surface area contributed by atoms with Gasteiger partial charge >= 0.3 is 5.97 Å². The zero-order valence-electron chi connectivity index (χ0n) is 9.28. The SMILES string of the molecule is Cn1nccc1-c1cn(C2CCOC2=O)nn1. The van der Waals surface area contributed by atoms with Crippen molar-refractivity contribution >= 4 is 5.97 Å². The third-order valence-electron chi connectivity index (χ3n) is 2.82. The van der Waals surface area contributed by atoms with Gasteiger partial charge in [0.15, 0.2) is 6.04 Å². The lowest BCUT2D eigenvalue weighted by molar-refractivity contribution is -0.140. The first-order chi connectivity index (χ1) is 8.25. The highest BCUT2D eigenvalue weighted by Gasteiger charge is 2.29. The summed E-state index contributed by atoms with van der Waals surface area (Å²) in [7, 11) is 1.83. The molecule has 0 N–H and O–H groups in total. The van der Waals surface area contributed by atoms with Gasteiger partial charge in [0.05, 0.1) is 18.5 Å². The van der Waals surface area contributed by atoms with Gasteiger partial charge in [-0.05, 0) is 6.07 Å². The van der Waals surface area contributed by atoms with Crippen molar-refractivity contribution in [3.8, 4) is 11.4 Å². The third kappa shape index (κ3) is 1.59. The first-order valence-corrected chi connectivity index (χ1v) is 5.32. The molecule has 2 aromatic heterocycles. The largest absolute Gasteiger partial charge is 0.464 e. The number of carbonyl (C=O) groups is 1. The standard InChI is InChI=1S/C10H11N5O2/c1-14-8(2-4-11-14)7-6-15(13-12-7)9-3-5-17-10(9)16/h2,4,6,9H,3,5H2,1H3. The molecule has 0 spiro atoms. The number of aryl methyl sites for hydroxylation is 1. The molecule has 0 radical (unpaired) electrons. The summed E-state index contributed by atoms with van der Waals surface area (Å²) in [6.07, 6.45) is 4.08. The Kier molecular flexibility index (Phi) is 2.17. The van der Waals surface area contributed by atoms with Crippen molar-refractivity contribution in [1.82, 2.24) is 24.8 Å². The second-order valence-corrected chi connectivity index (χ2v) is 3.90. The predicted molar refractivity (Wildman–Crippen MR) is 56.8 cm³/mol. The average molecular weight is 233 g/mol. The molecule has 1 aliphatic rings. The molecule has 0 bridgehead atoms. The molecule has 0 aromatic carbocycles. The fraction of sp³-hybridized carbons (Fsp3) is 0.400. The molecule has 3 heterocycles. The van der Waals surface area contributed by atoms with Gasteiger partial charge in [-0.15, -0.1) is 5.10 Å². The highest BCUT2D eigenvalue weighted by molar-refractivity contribution is 5.75. The van der Waals surface area contributed by atoms with Gasteiger partial charge in [-0.1, -0.05) is 5.21 Å². The van der Waals surface area contributed by atoms with E-state index in [9.17, 15) is 4.79 Å². The summed E-state index contributed by atoms with van der Waals surface area (Å²) in [6.45, 7) is 0.449. The minimum Gasteiger partial charge on any atom is -0.464 e. The Balaban J connectivity index is 1.93. The fourth-order valence-electron chi connectivity index (χ4n) is 1.90. The van der Waals surface area contributed by atoms with Crippen molar-refractivity contribution in [3.63, 3.8) is 0 Å². The normalized spacial score (nSPS) is 19.6. The van der Waals surface area contributed by atoms with E-state index in [1.54, 1.807) is 21.8 Å². The molecular formula is C10H11N5O2. The molecule has 1 unspecified atom stereocenters. The van der Waals surface area contributed by atoms with Crippen LogP contribution in [0.5, 0.6) is 0 Å². The molecule has 1 atom stereocenters. The van der Waals surface area contributed by atoms with Crippen molar-refractivity contribution in [3.05, 3.63) is 18.5 Å². The molecule has 17 heavy (non-hydrogen) atoms. The maximum atomic E-state index is 11.4. The third-order valence-corrected chi connectivity index (χ3v) is 2.82. The Labute approximate surface area is 97.0 Å². The molecule has 2 aromatic rings. The van der Waals surface area contributed by atoms with E-state index in [-0.39, 0.29) is 12.0 Å². The molecule has 0 aliphatic carbocycles. The molecule has 0 amide bonds. The average Bonchev–Trinajstić information content (AvgIpc) is 2.97. The molecule has 1 fully saturated rings. The van der Waals surface area contributed by atoms with Crippen LogP contribution >= 0.6 is 0 Å². The summed E-state index contributed by atoms with van der Waals surface area (Å²) in [5.74, 6) is -0.244. The molecule has 7 nitrogen and oxygen atoms in total. The van der Waals surface area contributed by atoms with Crippen LogP contribution in [0.25, 0.3) is 11.4 Å². The lowest BCUT2D eigenvalue weighted by atomic mass is 10.2. The van der Waals surface area contributed by atoms with Crippen molar-refractivity contribution in [1.29, 1.82) is 0 Å². The van der Waals surface area contributed by atoms with Crippen molar-refractivity contribution in [2.24, 2.45) is 7.05 Å². The van der Waals surface area contributed by atoms with Crippen LogP contribution in [0, 0.1) is 0 Å². The fourth-order valence-corrected chi connectivity index (χ4v) is 1.90. The summed E-state index contributed by atoms with van der Waals surface area (Å²) < 4.78 is 8.16. The monoisotopic (exact) mass is 233 g/mol. The van der Waals surface area contributed by atoms with Gasteiger partial charge in [0.2, 0.25) is 0 Å². The Bertz CT molecular complexity index is 559. The number of rotatable bonds is 2. The highest BCUT2D eigenvalue weighted by atomic mass is 16.5. The van der Waals surface area contributed by atoms with E-state index >= 15 is 0 Å². The molecule has 7 heteroatoms. The van der Waals surface area contributed by atoms with Gasteiger partial charge in [-0.25, -0.2) is 9.48 Å². The maximum absolute atomic E-state index is 11.4. The predicted octanol–water partition coefficient (Wildman–Crippen LogP) is 0.167. The van der Waals surface area contributed by atoms with Gasteiger partial charge in [0.1, 0.15) is 5.69 Å². The van der Waals surface area contributed by atoms with Crippen LogP contribution in [0.1, 0.15) is 12.5 Å². The number of hydrogen-bond acceptors (Lipinski definition) is 5. The highest BCUT2D eigenvalue weighted by Crippen LogP contribution is 2.22. The van der Waals surface area contributed by atoms with E-state index in [1.807, 2.05) is 13.1 Å². The van der Waals surface area contributed by atoms with Crippen LogP contribution in [0.3, 0.4) is 0 Å². The molecule has 1 aliphatic heterocycles. The molecule has 0 saturated carbocycles. The van der Waals surface area contributed by atoms with Gasteiger partial charge < -0.3 is 4.74 Å². The van der Waals surface area contributed by atoms with E-state index in [4.69, 9.17) is 4.74 Å². The number of nitrogens with zero attached hydrogens (tertiary/aromatic N) is 5. The summed E-state index contributed by atoms with van der Waals surface area (Å²) >= 11 is 0. The summed E-state index contributed by atoms with van der Waals surface area (Å²) in [6, 6.07) is 1.51. The Morgan fingerprint density at radius 1 is 1.53 bits per heavy atom. The van der Waals surface area contributed by atoms with Crippen LogP contribution in [0.15, 0.2) is 18.5 Å². The maximum Gasteiger partial charge on any atom is 0.331 e. The molecule has 1 saturated heterocycles. The number of ether oxygens (including phenoxy) is 1. The summed E-state index contributed by atoms with van der Waals surface area (Å²) in [4.78, 5) is 11.4. The van der Waals surface area contributed by atoms with Crippen LogP contribution in [0.2, 0.25) is 0 Å². The van der Waals surface area contributed by atoms with Gasteiger partial charge in [0.25, 0.3) is 0 Å². The number of cyclic esters (lactones) is 1. The zero-order valence-corrected chi connectivity index (χ0v) is 9.28. The molecule has 3 rings (SSSR count). The lowest BCUT2D eigenvalue weighted by Crippen LogP contribution is -2.14. The first kappa shape index (κ1) is 10.0. The van der Waals surface area contributed by atoms with Crippen molar-refractivity contribution in [2.45, 2.75) is 12.5 Å². The van der Waals surface area contributed by atoms with Gasteiger partial charge in [-0.2, -0.15) is 5.10 Å². The van der Waals surface area contributed by atoms with Crippen LogP contribution in [-0.2, 0) is 16.6 Å². The van der Waals surface area contributed by atoms with Gasteiger partial charge in [0, 0.05) is 19.7 Å². The Morgan fingerprint density at radius 3 is 3.06 bits per heavy atom. The second kappa shape index (κ2) is 3.69. The minimum atomic E-state index is -0.343. The topological polar surface area (TPSA) is 74.8 Å². The smallest absolute Gasteiger partial charge is 0.331 e. The first-order valence-electron chi connectivity index (χ1n) is 5.32. The van der Waals surface area contributed by atoms with E-state index in [0.717, 1.165) is 5.69 Å². The quantitative estimate of drug-likeness (QED) is 0.691. The number of aromatic nitrogens is 5. The Morgan fingerprint density at radius 2 is 2.41 bits per heavy atom. The molecule has 88 valence electrons. The van der Waals surface area contributed by atoms with Crippen LogP contribution in [-0.4, -0.2) is 37.4 Å². The van der Waals surface area contributed by atoms with E-state index in [1.165, 1.54) is 0 Å². The van der Waals surface area contributed by atoms with Crippen molar-refractivity contribution < 1.29 is 9.53 Å². The summed E-state index contributed by atoms with van der Waals surface area (Å²) in [5.41, 5.74) is 1.56. The van der Waals surface area contributed by atoms with E-state index in [2.05, 4.69) is 15.4 Å². The lowest BCUT2D eigenvalue weighted by Gasteiger charge is -2.02. The minimum absolute atomic E-state index is 0.244. The molecular weight excluding hydrogens is 222 g/mol. The van der Waals surface area contributed by atoms with E-state index in [0.29, 0.717) is 18.7 Å². The van der Waals surface area contributed by atoms with Crippen LogP contribution < -0.4 is 0 Å². The second-order valence-electron chi connectivity index (χ2n) is 3.90. The number of hydrogen-bond donors (Lipinski definition) is 0. The number of carbonyl (C=O) groups excluding carboxylic acids is 1. The van der Waals surface area contributed by atoms with Crippen LogP contribution in [0.4, 0.5) is 0 Å². The van der Waals surface area contributed by atoms with E-state index < -0.39 is 0 Å². The van der Waals surface area contributed by atoms with Crippen molar-refractivity contribution in [2.75, 3.05) is 6.61 Å². The Hall–Kier alpha value is -2.18. The zero-order chi connectivity index (χ0) is 11.8. The number of esters is 1. The summed E-state index contributed by atoms with van der Waals surface area (Å²) in [5, 5.41) is 12.1.